The highest BCUT2D eigenvalue weighted by Gasteiger charge is 2.23. The molecular weight excluding hydrogens is 545 g/mol. The van der Waals surface area contributed by atoms with E-state index in [1.807, 2.05) is 29.2 Å². The van der Waals surface area contributed by atoms with Gasteiger partial charge >= 0.3 is 0 Å². The number of pyridine rings is 1. The number of para-hydroxylation sites is 1. The van der Waals surface area contributed by atoms with Crippen LogP contribution in [0, 0.1) is 0 Å². The van der Waals surface area contributed by atoms with Crippen LogP contribution in [-0.4, -0.2) is 79.0 Å². The molecule has 0 atom stereocenters. The Balaban J connectivity index is 1.19. The fourth-order valence-electron chi connectivity index (χ4n) is 5.45. The first kappa shape index (κ1) is 28.4. The zero-order valence-electron chi connectivity index (χ0n) is 22.6. The van der Waals surface area contributed by atoms with E-state index < -0.39 is 0 Å². The zero-order valence-corrected chi connectivity index (χ0v) is 24.1. The molecule has 2 amide bonds. The number of benzene rings is 2. The Morgan fingerprint density at radius 3 is 2.42 bits per heavy atom. The molecule has 2 aliphatic rings. The number of nitrogens with zero attached hydrogens (tertiary/aromatic N) is 4. The summed E-state index contributed by atoms with van der Waals surface area (Å²) in [5.74, 6) is -0.0166. The standard InChI is InChI=1S/C31H35Cl2N5O2/c32-27-9-8-23(18-28(27)33)19-30(39)38-16-14-37(15-17-38)29-7-2-1-6-26(29)24-20-25(22-34-21-24)31(40)35-10-5-13-36-11-3-4-12-36/h1-2,6-9,18,20-22H,3-5,10-17,19H2,(H,35,40). The van der Waals surface area contributed by atoms with E-state index in [0.29, 0.717) is 41.7 Å². The first-order chi connectivity index (χ1) is 19.5. The van der Waals surface area contributed by atoms with Crippen LogP contribution in [0.3, 0.4) is 0 Å². The van der Waals surface area contributed by atoms with Crippen molar-refractivity contribution >= 4 is 40.7 Å². The maximum Gasteiger partial charge on any atom is 0.252 e. The van der Waals surface area contributed by atoms with E-state index in [-0.39, 0.29) is 11.8 Å². The van der Waals surface area contributed by atoms with E-state index in [4.69, 9.17) is 23.2 Å². The monoisotopic (exact) mass is 579 g/mol. The molecule has 1 N–H and O–H groups in total. The number of amides is 2. The summed E-state index contributed by atoms with van der Waals surface area (Å²) in [7, 11) is 0. The number of likely N-dealkylation sites (tertiary alicyclic amines) is 1. The molecule has 2 aliphatic heterocycles. The number of piperazine rings is 1. The lowest BCUT2D eigenvalue weighted by Crippen LogP contribution is -2.49. The van der Waals surface area contributed by atoms with Crippen LogP contribution in [0.15, 0.2) is 60.9 Å². The molecule has 0 radical (unpaired) electrons. The van der Waals surface area contributed by atoms with Gasteiger partial charge < -0.3 is 20.0 Å². The molecule has 2 aromatic carbocycles. The molecule has 0 aliphatic carbocycles. The molecule has 2 saturated heterocycles. The second kappa shape index (κ2) is 13.5. The van der Waals surface area contributed by atoms with Crippen molar-refractivity contribution in [2.45, 2.75) is 25.7 Å². The van der Waals surface area contributed by atoms with Gasteiger partial charge in [-0.1, -0.05) is 47.5 Å². The van der Waals surface area contributed by atoms with Crippen LogP contribution in [0.25, 0.3) is 11.1 Å². The minimum atomic E-state index is -0.0950. The minimum Gasteiger partial charge on any atom is -0.367 e. The van der Waals surface area contributed by atoms with Gasteiger partial charge in [0, 0.05) is 61.9 Å². The van der Waals surface area contributed by atoms with Gasteiger partial charge in [0.1, 0.15) is 0 Å². The van der Waals surface area contributed by atoms with Gasteiger partial charge in [0.15, 0.2) is 0 Å². The number of anilines is 1. The van der Waals surface area contributed by atoms with E-state index in [2.05, 4.69) is 32.2 Å². The Morgan fingerprint density at radius 2 is 1.65 bits per heavy atom. The third kappa shape index (κ3) is 7.14. The summed E-state index contributed by atoms with van der Waals surface area (Å²) < 4.78 is 0. The number of nitrogens with one attached hydrogen (secondary N) is 1. The molecule has 1 aromatic heterocycles. The molecule has 0 unspecified atom stereocenters. The number of carbonyl (C=O) groups excluding carboxylic acids is 2. The van der Waals surface area contributed by atoms with Crippen molar-refractivity contribution in [2.75, 3.05) is 57.3 Å². The predicted octanol–water partition coefficient (Wildman–Crippen LogP) is 5.16. The van der Waals surface area contributed by atoms with Gasteiger partial charge in [0.05, 0.1) is 22.0 Å². The van der Waals surface area contributed by atoms with Crippen molar-refractivity contribution < 1.29 is 9.59 Å². The Kier molecular flexibility index (Phi) is 9.57. The van der Waals surface area contributed by atoms with Gasteiger partial charge in [-0.05, 0) is 68.7 Å². The molecule has 2 fully saturated rings. The van der Waals surface area contributed by atoms with Gasteiger partial charge in [0.2, 0.25) is 5.91 Å². The van der Waals surface area contributed by atoms with Gasteiger partial charge in [-0.3, -0.25) is 14.6 Å². The molecular formula is C31H35Cl2N5O2. The molecule has 210 valence electrons. The van der Waals surface area contributed by atoms with E-state index in [1.165, 1.54) is 25.9 Å². The second-order valence-electron chi connectivity index (χ2n) is 10.4. The Bertz CT molecular complexity index is 1340. The fraction of sp³-hybridized carbons (Fsp3) is 0.387. The second-order valence-corrected chi connectivity index (χ2v) is 11.2. The number of rotatable bonds is 9. The van der Waals surface area contributed by atoms with Crippen molar-refractivity contribution in [2.24, 2.45) is 0 Å². The molecule has 40 heavy (non-hydrogen) atoms. The fourth-order valence-corrected chi connectivity index (χ4v) is 5.77. The molecule has 3 aromatic rings. The van der Waals surface area contributed by atoms with Gasteiger partial charge in [-0.25, -0.2) is 0 Å². The van der Waals surface area contributed by atoms with Crippen LogP contribution < -0.4 is 10.2 Å². The third-order valence-corrected chi connectivity index (χ3v) is 8.40. The van der Waals surface area contributed by atoms with E-state index in [0.717, 1.165) is 48.4 Å². The summed E-state index contributed by atoms with van der Waals surface area (Å²) in [6, 6.07) is 15.4. The highest BCUT2D eigenvalue weighted by Crippen LogP contribution is 2.32. The highest BCUT2D eigenvalue weighted by molar-refractivity contribution is 6.42. The number of hydrogen-bond acceptors (Lipinski definition) is 5. The summed E-state index contributed by atoms with van der Waals surface area (Å²) in [4.78, 5) is 36.8. The Morgan fingerprint density at radius 1 is 0.875 bits per heavy atom. The van der Waals surface area contributed by atoms with E-state index in [9.17, 15) is 9.59 Å². The molecule has 0 saturated carbocycles. The first-order valence-corrected chi connectivity index (χ1v) is 14.8. The molecule has 9 heteroatoms. The number of carbonyl (C=O) groups is 2. The molecule has 3 heterocycles. The lowest BCUT2D eigenvalue weighted by atomic mass is 10.0. The van der Waals surface area contributed by atoms with Gasteiger partial charge in [-0.2, -0.15) is 0 Å². The van der Waals surface area contributed by atoms with Crippen molar-refractivity contribution in [3.8, 4) is 11.1 Å². The van der Waals surface area contributed by atoms with Crippen molar-refractivity contribution in [1.29, 1.82) is 0 Å². The summed E-state index contributed by atoms with van der Waals surface area (Å²) in [5, 5.41) is 4.00. The largest absolute Gasteiger partial charge is 0.367 e. The van der Waals surface area contributed by atoms with Gasteiger partial charge in [0.25, 0.3) is 5.91 Å². The quantitative estimate of drug-likeness (QED) is 0.354. The average Bonchev–Trinajstić information content (AvgIpc) is 3.51. The summed E-state index contributed by atoms with van der Waals surface area (Å²) in [6.07, 6.45) is 7.23. The zero-order chi connectivity index (χ0) is 27.9. The van der Waals surface area contributed by atoms with Crippen LogP contribution in [0.5, 0.6) is 0 Å². The van der Waals surface area contributed by atoms with Crippen LogP contribution in [0.1, 0.15) is 35.2 Å². The first-order valence-electron chi connectivity index (χ1n) is 14.0. The molecule has 0 bridgehead atoms. The predicted molar refractivity (Wildman–Crippen MR) is 161 cm³/mol. The van der Waals surface area contributed by atoms with E-state index >= 15 is 0 Å². The van der Waals surface area contributed by atoms with E-state index in [1.54, 1.807) is 24.5 Å². The van der Waals surface area contributed by atoms with Crippen LogP contribution >= 0.6 is 23.2 Å². The molecule has 5 rings (SSSR count). The van der Waals surface area contributed by atoms with Crippen molar-refractivity contribution in [1.82, 2.24) is 20.1 Å². The summed E-state index contributed by atoms with van der Waals surface area (Å²) >= 11 is 12.1. The molecule has 0 spiro atoms. The maximum absolute atomic E-state index is 12.9. The van der Waals surface area contributed by atoms with Gasteiger partial charge in [-0.15, -0.1) is 0 Å². The minimum absolute atomic E-state index is 0.0784. The lowest BCUT2D eigenvalue weighted by Gasteiger charge is -2.37. The van der Waals surface area contributed by atoms with Crippen molar-refractivity contribution in [3.63, 3.8) is 0 Å². The normalized spacial score (nSPS) is 15.8. The Labute approximate surface area is 246 Å². The topological polar surface area (TPSA) is 68.8 Å². The van der Waals surface area contributed by atoms with Crippen LogP contribution in [0.4, 0.5) is 5.69 Å². The Hall–Kier alpha value is -3.13. The smallest absolute Gasteiger partial charge is 0.252 e. The number of halogens is 2. The average molecular weight is 581 g/mol. The number of aromatic nitrogens is 1. The lowest BCUT2D eigenvalue weighted by molar-refractivity contribution is -0.130. The highest BCUT2D eigenvalue weighted by atomic mass is 35.5. The number of hydrogen-bond donors (Lipinski definition) is 1. The third-order valence-electron chi connectivity index (χ3n) is 7.66. The summed E-state index contributed by atoms with van der Waals surface area (Å²) in [6.45, 7) is 6.72. The van der Waals surface area contributed by atoms with Crippen molar-refractivity contribution in [3.05, 3.63) is 82.1 Å². The summed E-state index contributed by atoms with van der Waals surface area (Å²) in [5.41, 5.74) is 4.41. The molecule has 7 nitrogen and oxygen atoms in total. The van der Waals surface area contributed by atoms with Crippen LogP contribution in [0.2, 0.25) is 10.0 Å². The maximum atomic E-state index is 12.9. The van der Waals surface area contributed by atoms with Crippen LogP contribution in [-0.2, 0) is 11.2 Å². The SMILES string of the molecule is O=C(NCCCN1CCCC1)c1cncc(-c2ccccc2N2CCN(C(=O)Cc3ccc(Cl)c(Cl)c3)CC2)c1.